The first-order valence-corrected chi connectivity index (χ1v) is 9.05. The van der Waals surface area contributed by atoms with Gasteiger partial charge in [-0.05, 0) is 38.8 Å². The molecule has 0 aliphatic carbocycles. The summed E-state index contributed by atoms with van der Waals surface area (Å²) in [7, 11) is 0. The van der Waals surface area contributed by atoms with E-state index in [1.54, 1.807) is 23.5 Å². The van der Waals surface area contributed by atoms with E-state index in [4.69, 9.17) is 9.26 Å². The average Bonchev–Trinajstić information content (AvgIpc) is 3.36. The molecule has 0 bridgehead atoms. The van der Waals surface area contributed by atoms with E-state index in [0.717, 1.165) is 12.8 Å². The first-order valence-electron chi connectivity index (χ1n) is 9.05. The van der Waals surface area contributed by atoms with Crippen molar-refractivity contribution in [3.63, 3.8) is 0 Å². The highest BCUT2D eigenvalue weighted by atomic mass is 19.1. The first kappa shape index (κ1) is 17.1. The SMILES string of the molecule is Cc1c2c(-c3noc(C4CCC(C)(C)O4)n3)ncn2c2cccc(F)c2[n+]1[O-]. The van der Waals surface area contributed by atoms with Gasteiger partial charge in [-0.15, -0.1) is 0 Å². The Bertz CT molecular complexity index is 1230. The van der Waals surface area contributed by atoms with Gasteiger partial charge in [-0.1, -0.05) is 11.2 Å². The minimum absolute atomic E-state index is 0.0353. The predicted octanol–water partition coefficient (Wildman–Crippen LogP) is 3.25. The van der Waals surface area contributed by atoms with Crippen molar-refractivity contribution in [1.29, 1.82) is 0 Å². The van der Waals surface area contributed by atoms with Crippen LogP contribution in [-0.2, 0) is 4.74 Å². The van der Waals surface area contributed by atoms with Crippen molar-refractivity contribution < 1.29 is 18.4 Å². The average molecular weight is 383 g/mol. The van der Waals surface area contributed by atoms with Gasteiger partial charge in [0, 0.05) is 6.92 Å². The van der Waals surface area contributed by atoms with Gasteiger partial charge < -0.3 is 14.5 Å². The van der Waals surface area contributed by atoms with Gasteiger partial charge in [-0.3, -0.25) is 4.40 Å². The van der Waals surface area contributed by atoms with E-state index in [2.05, 4.69) is 15.1 Å². The smallest absolute Gasteiger partial charge is 0.277 e. The summed E-state index contributed by atoms with van der Waals surface area (Å²) < 4.78 is 27.8. The summed E-state index contributed by atoms with van der Waals surface area (Å²) in [6.07, 6.45) is 2.97. The standard InChI is InChI=1S/C19H18FN5O3/c1-10-15-14(17-22-18(28-23-17)13-7-8-19(2,3)27-13)21-9-24(15)12-6-4-5-11(20)16(12)25(10)26/h4-6,9,13H,7-8H2,1-3H3. The Kier molecular flexibility index (Phi) is 3.48. The fourth-order valence-electron chi connectivity index (χ4n) is 3.82. The third-order valence-corrected chi connectivity index (χ3v) is 5.24. The molecule has 0 saturated carbocycles. The van der Waals surface area contributed by atoms with Crippen molar-refractivity contribution in [3.8, 4) is 11.5 Å². The molecule has 1 aliphatic heterocycles. The molecule has 1 fully saturated rings. The van der Waals surface area contributed by atoms with E-state index in [1.807, 2.05) is 13.8 Å². The lowest BCUT2D eigenvalue weighted by molar-refractivity contribution is -0.584. The molecular weight excluding hydrogens is 365 g/mol. The van der Waals surface area contributed by atoms with Gasteiger partial charge in [-0.2, -0.15) is 14.1 Å². The van der Waals surface area contributed by atoms with Crippen LogP contribution in [0.1, 0.15) is 44.4 Å². The number of fused-ring (bicyclic) bond motifs is 3. The van der Waals surface area contributed by atoms with E-state index in [-0.39, 0.29) is 23.0 Å². The van der Waals surface area contributed by atoms with Gasteiger partial charge in [0.15, 0.2) is 5.82 Å². The normalized spacial score (nSPS) is 19.1. The van der Waals surface area contributed by atoms with E-state index in [1.165, 1.54) is 12.4 Å². The van der Waals surface area contributed by atoms with Crippen molar-refractivity contribution in [2.24, 2.45) is 0 Å². The molecule has 0 spiro atoms. The van der Waals surface area contributed by atoms with Crippen molar-refractivity contribution >= 4 is 16.6 Å². The highest BCUT2D eigenvalue weighted by Gasteiger charge is 2.36. The number of halogens is 1. The molecular formula is C19H18FN5O3. The van der Waals surface area contributed by atoms with Crippen LogP contribution in [0.5, 0.6) is 0 Å². The Hall–Kier alpha value is -3.07. The number of ether oxygens (including phenoxy) is 1. The number of imidazole rings is 1. The quantitative estimate of drug-likeness (QED) is 0.390. The fourth-order valence-corrected chi connectivity index (χ4v) is 3.82. The molecule has 5 rings (SSSR count). The van der Waals surface area contributed by atoms with Gasteiger partial charge >= 0.3 is 0 Å². The van der Waals surface area contributed by atoms with E-state index >= 15 is 0 Å². The zero-order chi connectivity index (χ0) is 19.6. The third kappa shape index (κ3) is 2.39. The second kappa shape index (κ2) is 5.71. The first-order chi connectivity index (χ1) is 13.4. The Labute approximate surface area is 159 Å². The van der Waals surface area contributed by atoms with Crippen LogP contribution in [0.2, 0.25) is 0 Å². The molecule has 0 radical (unpaired) electrons. The summed E-state index contributed by atoms with van der Waals surface area (Å²) in [5.74, 6) is 0.0708. The second-order valence-corrected chi connectivity index (χ2v) is 7.66. The third-order valence-electron chi connectivity index (χ3n) is 5.24. The highest BCUT2D eigenvalue weighted by molar-refractivity contribution is 5.82. The van der Waals surface area contributed by atoms with E-state index in [0.29, 0.717) is 33.0 Å². The lowest BCUT2D eigenvalue weighted by atomic mass is 10.1. The van der Waals surface area contributed by atoms with Gasteiger partial charge in [0.1, 0.15) is 29.2 Å². The number of para-hydroxylation sites is 1. The van der Waals surface area contributed by atoms with Crippen LogP contribution >= 0.6 is 0 Å². The van der Waals surface area contributed by atoms with Crippen molar-refractivity contribution in [2.45, 2.75) is 45.3 Å². The Morgan fingerprint density at radius 1 is 1.36 bits per heavy atom. The molecule has 0 N–H and O–H groups in total. The minimum Gasteiger partial charge on any atom is -0.618 e. The summed E-state index contributed by atoms with van der Waals surface area (Å²) in [4.78, 5) is 8.83. The zero-order valence-corrected chi connectivity index (χ0v) is 15.6. The molecule has 1 aromatic carbocycles. The van der Waals surface area contributed by atoms with Crippen LogP contribution in [0.4, 0.5) is 4.39 Å². The molecule has 3 aromatic heterocycles. The van der Waals surface area contributed by atoms with Crippen LogP contribution in [0, 0.1) is 17.9 Å². The van der Waals surface area contributed by atoms with Crippen LogP contribution in [0.25, 0.3) is 28.1 Å². The molecule has 1 aliphatic rings. The number of benzene rings is 1. The maximum absolute atomic E-state index is 14.2. The predicted molar refractivity (Wildman–Crippen MR) is 96.8 cm³/mol. The molecule has 4 heterocycles. The number of nitrogens with zero attached hydrogens (tertiary/aromatic N) is 5. The second-order valence-electron chi connectivity index (χ2n) is 7.66. The fraction of sp³-hybridized carbons (Fsp3) is 0.368. The Morgan fingerprint density at radius 2 is 2.18 bits per heavy atom. The molecule has 4 aromatic rings. The lowest BCUT2D eigenvalue weighted by Crippen LogP contribution is -2.33. The van der Waals surface area contributed by atoms with Crippen molar-refractivity contribution in [1.82, 2.24) is 19.5 Å². The Morgan fingerprint density at radius 3 is 2.93 bits per heavy atom. The van der Waals surface area contributed by atoms with E-state index in [9.17, 15) is 9.60 Å². The monoisotopic (exact) mass is 383 g/mol. The number of rotatable bonds is 2. The highest BCUT2D eigenvalue weighted by Crippen LogP contribution is 2.39. The summed E-state index contributed by atoms with van der Waals surface area (Å²) in [5, 5.41) is 16.7. The van der Waals surface area contributed by atoms with Crippen molar-refractivity contribution in [2.75, 3.05) is 0 Å². The molecule has 8 nitrogen and oxygen atoms in total. The molecule has 1 atom stereocenters. The van der Waals surface area contributed by atoms with Crippen molar-refractivity contribution in [3.05, 3.63) is 47.1 Å². The zero-order valence-electron chi connectivity index (χ0n) is 15.6. The summed E-state index contributed by atoms with van der Waals surface area (Å²) in [5.41, 5.74) is 1.36. The Balaban J connectivity index is 1.66. The molecule has 28 heavy (non-hydrogen) atoms. The number of aromatic nitrogens is 5. The topological polar surface area (TPSA) is 92.4 Å². The number of aryl methyl sites for hydroxylation is 1. The van der Waals surface area contributed by atoms with Crippen LogP contribution < -0.4 is 4.73 Å². The van der Waals surface area contributed by atoms with Gasteiger partial charge in [0.25, 0.3) is 11.4 Å². The van der Waals surface area contributed by atoms with Gasteiger partial charge in [0.2, 0.25) is 11.5 Å². The largest absolute Gasteiger partial charge is 0.618 e. The summed E-state index contributed by atoms with van der Waals surface area (Å²) >= 11 is 0. The molecule has 1 unspecified atom stereocenters. The molecule has 1 saturated heterocycles. The maximum atomic E-state index is 14.2. The van der Waals surface area contributed by atoms with Crippen LogP contribution in [0.15, 0.2) is 29.0 Å². The molecule has 144 valence electrons. The number of hydrogen-bond donors (Lipinski definition) is 0. The molecule has 0 amide bonds. The maximum Gasteiger partial charge on any atom is 0.277 e. The van der Waals surface area contributed by atoms with E-state index < -0.39 is 5.82 Å². The minimum atomic E-state index is -0.587. The summed E-state index contributed by atoms with van der Waals surface area (Å²) in [6.45, 7) is 5.66. The van der Waals surface area contributed by atoms with Crippen LogP contribution in [-0.4, -0.2) is 25.1 Å². The summed E-state index contributed by atoms with van der Waals surface area (Å²) in [6, 6.07) is 4.48. The van der Waals surface area contributed by atoms with Gasteiger partial charge in [0.05, 0.1) is 5.60 Å². The number of hydrogen-bond acceptors (Lipinski definition) is 6. The van der Waals surface area contributed by atoms with Crippen LogP contribution in [0.3, 0.4) is 0 Å². The lowest BCUT2D eigenvalue weighted by Gasteiger charge is -2.17. The van der Waals surface area contributed by atoms with Gasteiger partial charge in [-0.25, -0.2) is 4.98 Å². The molecule has 9 heteroatoms.